The molecule has 5 atom stereocenters. The highest BCUT2D eigenvalue weighted by molar-refractivity contribution is 6.36. The van der Waals surface area contributed by atoms with Crippen LogP contribution < -0.4 is 0 Å². The van der Waals surface area contributed by atoms with E-state index in [0.717, 1.165) is 22.3 Å². The maximum Gasteiger partial charge on any atom is 0.200 e. The summed E-state index contributed by atoms with van der Waals surface area (Å²) < 4.78 is 32.6. The first-order valence-electron chi connectivity index (χ1n) is 15.3. The van der Waals surface area contributed by atoms with Gasteiger partial charge >= 0.3 is 0 Å². The summed E-state index contributed by atoms with van der Waals surface area (Å²) in [7, 11) is 0. The molecule has 0 spiro atoms. The standard InChI is InChI=1S/C38H40O7/c1-28(39)33(40)22-34-36(42-24-30-16-8-3-9-17-30)38(44-26-32-20-12-5-13-21-32)37(43-25-31-18-10-4-11-19-31)35(45-34)27-41-23-29-14-6-2-7-15-29/h2-21,34-38H,22-27H2,1H3/t34-,35-,36+,37-,38-/m1/s1. The molecule has 0 N–H and O–H groups in total. The monoisotopic (exact) mass is 608 g/mol. The van der Waals surface area contributed by atoms with Gasteiger partial charge in [-0.2, -0.15) is 0 Å². The third kappa shape index (κ3) is 9.75. The van der Waals surface area contributed by atoms with Crippen LogP contribution in [-0.2, 0) is 59.7 Å². The Labute approximate surface area is 265 Å². The van der Waals surface area contributed by atoms with Crippen molar-refractivity contribution < 1.29 is 33.3 Å². The molecule has 7 heteroatoms. The number of hydrogen-bond acceptors (Lipinski definition) is 7. The first-order chi connectivity index (χ1) is 22.1. The molecule has 0 aromatic heterocycles. The molecule has 1 fully saturated rings. The Morgan fingerprint density at radius 3 is 1.33 bits per heavy atom. The topological polar surface area (TPSA) is 80.3 Å². The average Bonchev–Trinajstić information content (AvgIpc) is 3.08. The maximum atomic E-state index is 12.8. The highest BCUT2D eigenvalue weighted by Gasteiger charge is 2.49. The predicted octanol–water partition coefficient (Wildman–Crippen LogP) is 6.28. The third-order valence-electron chi connectivity index (χ3n) is 7.76. The fourth-order valence-electron chi connectivity index (χ4n) is 5.38. The van der Waals surface area contributed by atoms with Crippen molar-refractivity contribution in [3.8, 4) is 0 Å². The molecule has 0 radical (unpaired) electrons. The summed E-state index contributed by atoms with van der Waals surface area (Å²) in [6.45, 7) is 2.74. The Balaban J connectivity index is 1.45. The Hall–Kier alpha value is -3.98. The van der Waals surface area contributed by atoms with Crippen LogP contribution in [0.5, 0.6) is 0 Å². The lowest BCUT2D eigenvalue weighted by Crippen LogP contribution is -2.61. The minimum atomic E-state index is -0.757. The van der Waals surface area contributed by atoms with Gasteiger partial charge in [0.15, 0.2) is 5.78 Å². The molecule has 1 aliphatic rings. The quantitative estimate of drug-likeness (QED) is 0.139. The molecule has 1 heterocycles. The van der Waals surface area contributed by atoms with Crippen LogP contribution in [0.15, 0.2) is 121 Å². The van der Waals surface area contributed by atoms with E-state index in [9.17, 15) is 9.59 Å². The van der Waals surface area contributed by atoms with Crippen LogP contribution >= 0.6 is 0 Å². The Morgan fingerprint density at radius 2 is 0.911 bits per heavy atom. The maximum absolute atomic E-state index is 12.8. The molecule has 0 unspecified atom stereocenters. The Bertz CT molecular complexity index is 1450. The largest absolute Gasteiger partial charge is 0.374 e. The van der Waals surface area contributed by atoms with Crippen LogP contribution in [-0.4, -0.2) is 48.7 Å². The number of carbonyl (C=O) groups excluding carboxylic acids is 2. The molecule has 0 bridgehead atoms. The van der Waals surface area contributed by atoms with Gasteiger partial charge in [0.05, 0.1) is 39.1 Å². The second-order valence-corrected chi connectivity index (χ2v) is 11.2. The molecule has 4 aromatic carbocycles. The highest BCUT2D eigenvalue weighted by atomic mass is 16.6. The van der Waals surface area contributed by atoms with E-state index >= 15 is 0 Å². The summed E-state index contributed by atoms with van der Waals surface area (Å²) in [5.74, 6) is -1.05. The number of rotatable bonds is 16. The minimum Gasteiger partial charge on any atom is -0.374 e. The van der Waals surface area contributed by atoms with Crippen molar-refractivity contribution in [3.63, 3.8) is 0 Å². The van der Waals surface area contributed by atoms with E-state index in [1.54, 1.807) is 0 Å². The van der Waals surface area contributed by atoms with Gasteiger partial charge in [0.1, 0.15) is 24.4 Å². The highest BCUT2D eigenvalue weighted by Crippen LogP contribution is 2.32. The molecular weight excluding hydrogens is 568 g/mol. The lowest BCUT2D eigenvalue weighted by Gasteiger charge is -2.46. The van der Waals surface area contributed by atoms with Crippen LogP contribution in [0, 0.1) is 0 Å². The fourth-order valence-corrected chi connectivity index (χ4v) is 5.38. The van der Waals surface area contributed by atoms with Crippen molar-refractivity contribution in [1.29, 1.82) is 0 Å². The van der Waals surface area contributed by atoms with Gasteiger partial charge in [-0.3, -0.25) is 9.59 Å². The number of benzene rings is 4. The second kappa shape index (κ2) is 16.9. The summed E-state index contributed by atoms with van der Waals surface area (Å²) in [5.41, 5.74) is 3.98. The Morgan fingerprint density at radius 1 is 0.533 bits per heavy atom. The van der Waals surface area contributed by atoms with Crippen molar-refractivity contribution >= 4 is 11.6 Å². The van der Waals surface area contributed by atoms with Crippen molar-refractivity contribution in [2.45, 2.75) is 70.3 Å². The first-order valence-corrected chi connectivity index (χ1v) is 15.3. The van der Waals surface area contributed by atoms with E-state index in [4.69, 9.17) is 23.7 Å². The van der Waals surface area contributed by atoms with Crippen LogP contribution in [0.1, 0.15) is 35.6 Å². The van der Waals surface area contributed by atoms with E-state index in [0.29, 0.717) is 19.8 Å². The molecular formula is C38H40O7. The van der Waals surface area contributed by atoms with Gasteiger partial charge in [0.2, 0.25) is 5.78 Å². The van der Waals surface area contributed by atoms with Gasteiger partial charge in [-0.15, -0.1) is 0 Å². The number of hydrogen-bond donors (Lipinski definition) is 0. The van der Waals surface area contributed by atoms with E-state index in [1.165, 1.54) is 6.92 Å². The number of Topliss-reactive ketones (excluding diaryl/α,β-unsaturated/α-hetero) is 2. The smallest absolute Gasteiger partial charge is 0.200 e. The van der Waals surface area contributed by atoms with Gasteiger partial charge in [0, 0.05) is 13.3 Å². The van der Waals surface area contributed by atoms with Crippen molar-refractivity contribution in [1.82, 2.24) is 0 Å². The molecule has 0 saturated carbocycles. The number of ketones is 2. The average molecular weight is 609 g/mol. The molecule has 0 amide bonds. The van der Waals surface area contributed by atoms with Gasteiger partial charge in [-0.05, 0) is 22.3 Å². The van der Waals surface area contributed by atoms with Gasteiger partial charge in [-0.25, -0.2) is 0 Å². The van der Waals surface area contributed by atoms with Crippen LogP contribution in [0.25, 0.3) is 0 Å². The molecule has 1 aliphatic heterocycles. The van der Waals surface area contributed by atoms with Crippen LogP contribution in [0.4, 0.5) is 0 Å². The summed E-state index contributed by atoms with van der Waals surface area (Å²) in [4.78, 5) is 24.9. The molecule has 234 valence electrons. The Kier molecular flexibility index (Phi) is 12.2. The fraction of sp³-hybridized carbons (Fsp3) is 0.316. The van der Waals surface area contributed by atoms with Crippen molar-refractivity contribution in [3.05, 3.63) is 144 Å². The predicted molar refractivity (Wildman–Crippen MR) is 170 cm³/mol. The van der Waals surface area contributed by atoms with Gasteiger partial charge in [0.25, 0.3) is 0 Å². The summed E-state index contributed by atoms with van der Waals surface area (Å²) in [6, 6.07) is 39.5. The van der Waals surface area contributed by atoms with E-state index in [-0.39, 0.29) is 19.6 Å². The normalized spacial score (nSPS) is 21.3. The van der Waals surface area contributed by atoms with Gasteiger partial charge < -0.3 is 23.7 Å². The van der Waals surface area contributed by atoms with E-state index in [1.807, 2.05) is 121 Å². The molecule has 0 aliphatic carbocycles. The molecule has 1 saturated heterocycles. The van der Waals surface area contributed by atoms with Crippen molar-refractivity contribution in [2.24, 2.45) is 0 Å². The van der Waals surface area contributed by atoms with E-state index in [2.05, 4.69) is 0 Å². The first kappa shape index (κ1) is 32.4. The zero-order valence-corrected chi connectivity index (χ0v) is 25.5. The lowest BCUT2D eigenvalue weighted by molar-refractivity contribution is -0.272. The van der Waals surface area contributed by atoms with Crippen LogP contribution in [0.2, 0.25) is 0 Å². The summed E-state index contributed by atoms with van der Waals surface area (Å²) in [6.07, 6.45) is -3.44. The number of carbonyl (C=O) groups is 2. The molecule has 5 rings (SSSR count). The second-order valence-electron chi connectivity index (χ2n) is 11.2. The lowest BCUT2D eigenvalue weighted by atomic mass is 9.91. The SMILES string of the molecule is CC(=O)C(=O)C[C@H]1O[C@H](COCc2ccccc2)[C@@H](OCc2ccccc2)[C@H](OCc2ccccc2)[C@H]1OCc1ccccc1. The van der Waals surface area contributed by atoms with Crippen LogP contribution in [0.3, 0.4) is 0 Å². The van der Waals surface area contributed by atoms with E-state index < -0.39 is 42.1 Å². The van der Waals surface area contributed by atoms with Gasteiger partial charge in [-0.1, -0.05) is 121 Å². The molecule has 4 aromatic rings. The third-order valence-corrected chi connectivity index (χ3v) is 7.76. The minimum absolute atomic E-state index is 0.138. The zero-order valence-electron chi connectivity index (χ0n) is 25.5. The van der Waals surface area contributed by atoms with Crippen molar-refractivity contribution in [2.75, 3.05) is 6.61 Å². The summed E-state index contributed by atoms with van der Waals surface area (Å²) in [5, 5.41) is 0. The molecule has 45 heavy (non-hydrogen) atoms. The zero-order chi connectivity index (χ0) is 31.3. The summed E-state index contributed by atoms with van der Waals surface area (Å²) >= 11 is 0. The number of ether oxygens (including phenoxy) is 5. The molecule has 7 nitrogen and oxygen atoms in total.